The summed E-state index contributed by atoms with van der Waals surface area (Å²) in [6.45, 7) is 1.44. The highest BCUT2D eigenvalue weighted by Gasteiger charge is 2.32. The Morgan fingerprint density at radius 1 is 1.62 bits per heavy atom. The van der Waals surface area contributed by atoms with Gasteiger partial charge in [-0.2, -0.15) is 0 Å². The molecule has 0 radical (unpaired) electrons. The summed E-state index contributed by atoms with van der Waals surface area (Å²) in [6, 6.07) is 1.82. The molecule has 2 rings (SSSR count). The minimum Gasteiger partial charge on any atom is -0.379 e. The van der Waals surface area contributed by atoms with Gasteiger partial charge in [-0.1, -0.05) is 5.16 Å². The van der Waals surface area contributed by atoms with E-state index in [-0.39, 0.29) is 17.9 Å². The maximum absolute atomic E-state index is 11.8. The number of hydrogen-bond acceptors (Lipinski definition) is 5. The van der Waals surface area contributed by atoms with Crippen molar-refractivity contribution in [2.75, 3.05) is 20.3 Å². The number of hydrogen-bond donors (Lipinski definition) is 2. The highest BCUT2D eigenvalue weighted by atomic mass is 16.5. The Morgan fingerprint density at radius 2 is 2.50 bits per heavy atom. The van der Waals surface area contributed by atoms with Gasteiger partial charge in [0.15, 0.2) is 0 Å². The predicted octanol–water partition coefficient (Wildman–Crippen LogP) is -0.475. The molecule has 2 heterocycles. The first-order chi connectivity index (χ1) is 7.81. The average molecular weight is 225 g/mol. The Labute approximate surface area is 93.3 Å². The van der Waals surface area contributed by atoms with Crippen molar-refractivity contribution in [2.24, 2.45) is 5.92 Å². The van der Waals surface area contributed by atoms with Gasteiger partial charge in [0.05, 0.1) is 25.7 Å². The van der Waals surface area contributed by atoms with Crippen molar-refractivity contribution >= 4 is 5.91 Å². The average Bonchev–Trinajstić information content (AvgIpc) is 2.96. The molecule has 2 unspecified atom stereocenters. The molecular formula is C10H15N3O3. The number of rotatable bonds is 4. The van der Waals surface area contributed by atoms with Gasteiger partial charge in [-0.05, 0) is 7.05 Å². The van der Waals surface area contributed by atoms with Crippen LogP contribution in [0, 0.1) is 5.92 Å². The van der Waals surface area contributed by atoms with Gasteiger partial charge in [-0.25, -0.2) is 0 Å². The normalized spacial score (nSPS) is 24.6. The third-order valence-electron chi connectivity index (χ3n) is 2.72. The largest absolute Gasteiger partial charge is 0.379 e. The minimum absolute atomic E-state index is 0.0140. The molecule has 1 aliphatic heterocycles. The summed E-state index contributed by atoms with van der Waals surface area (Å²) in [6.07, 6.45) is 1.48. The standard InChI is InChI=1S/C10H15N3O3/c1-11-9-6-15-5-8(9)10(14)12-4-7-2-3-16-13-7/h2-3,8-9,11H,4-6H2,1H3,(H,12,14). The molecule has 0 aliphatic carbocycles. The van der Waals surface area contributed by atoms with Crippen LogP contribution in [0.1, 0.15) is 5.69 Å². The van der Waals surface area contributed by atoms with Crippen molar-refractivity contribution in [3.05, 3.63) is 18.0 Å². The van der Waals surface area contributed by atoms with Gasteiger partial charge in [0.2, 0.25) is 5.91 Å². The van der Waals surface area contributed by atoms with Crippen LogP contribution in [0.4, 0.5) is 0 Å². The maximum Gasteiger partial charge on any atom is 0.227 e. The Balaban J connectivity index is 1.83. The maximum atomic E-state index is 11.8. The van der Waals surface area contributed by atoms with E-state index in [9.17, 15) is 4.79 Å². The lowest BCUT2D eigenvalue weighted by Gasteiger charge is -2.15. The van der Waals surface area contributed by atoms with E-state index in [1.54, 1.807) is 6.07 Å². The van der Waals surface area contributed by atoms with Crippen LogP contribution in [0.25, 0.3) is 0 Å². The van der Waals surface area contributed by atoms with Crippen LogP contribution in [0.2, 0.25) is 0 Å². The number of carbonyl (C=O) groups is 1. The van der Waals surface area contributed by atoms with Gasteiger partial charge in [-0.3, -0.25) is 4.79 Å². The number of nitrogens with zero attached hydrogens (tertiary/aromatic N) is 1. The lowest BCUT2D eigenvalue weighted by atomic mass is 10.0. The monoisotopic (exact) mass is 225 g/mol. The van der Waals surface area contributed by atoms with E-state index in [2.05, 4.69) is 20.3 Å². The lowest BCUT2D eigenvalue weighted by Crippen LogP contribution is -2.42. The third kappa shape index (κ3) is 2.40. The zero-order chi connectivity index (χ0) is 11.4. The summed E-state index contributed by atoms with van der Waals surface area (Å²) in [5.41, 5.74) is 0.716. The first-order valence-electron chi connectivity index (χ1n) is 5.23. The molecule has 1 aromatic rings. The van der Waals surface area contributed by atoms with E-state index in [1.807, 2.05) is 7.05 Å². The molecule has 0 saturated carbocycles. The second-order valence-corrected chi connectivity index (χ2v) is 3.75. The van der Waals surface area contributed by atoms with Crippen molar-refractivity contribution in [1.29, 1.82) is 0 Å². The number of likely N-dealkylation sites (N-methyl/N-ethyl adjacent to an activating group) is 1. The third-order valence-corrected chi connectivity index (χ3v) is 2.72. The van der Waals surface area contributed by atoms with Crippen LogP contribution in [0.3, 0.4) is 0 Å². The van der Waals surface area contributed by atoms with Gasteiger partial charge < -0.3 is 19.9 Å². The molecule has 2 N–H and O–H groups in total. The lowest BCUT2D eigenvalue weighted by molar-refractivity contribution is -0.125. The zero-order valence-electron chi connectivity index (χ0n) is 9.10. The molecule has 6 heteroatoms. The fraction of sp³-hybridized carbons (Fsp3) is 0.600. The van der Waals surface area contributed by atoms with Crippen LogP contribution in [-0.4, -0.2) is 37.4 Å². The van der Waals surface area contributed by atoms with Crippen LogP contribution in [0.5, 0.6) is 0 Å². The van der Waals surface area contributed by atoms with Crippen molar-refractivity contribution in [3.8, 4) is 0 Å². The molecule has 16 heavy (non-hydrogen) atoms. The van der Waals surface area contributed by atoms with Crippen LogP contribution in [0.15, 0.2) is 16.9 Å². The Bertz CT molecular complexity index is 339. The van der Waals surface area contributed by atoms with Crippen molar-refractivity contribution in [1.82, 2.24) is 15.8 Å². The van der Waals surface area contributed by atoms with Gasteiger partial charge in [0.25, 0.3) is 0 Å². The molecule has 0 spiro atoms. The molecule has 1 aromatic heterocycles. The van der Waals surface area contributed by atoms with Crippen LogP contribution >= 0.6 is 0 Å². The van der Waals surface area contributed by atoms with Crippen molar-refractivity contribution < 1.29 is 14.1 Å². The fourth-order valence-corrected chi connectivity index (χ4v) is 1.73. The first kappa shape index (κ1) is 11.1. The van der Waals surface area contributed by atoms with Gasteiger partial charge >= 0.3 is 0 Å². The van der Waals surface area contributed by atoms with Crippen molar-refractivity contribution in [3.63, 3.8) is 0 Å². The molecule has 0 aromatic carbocycles. The van der Waals surface area contributed by atoms with E-state index in [0.717, 1.165) is 0 Å². The fourth-order valence-electron chi connectivity index (χ4n) is 1.73. The van der Waals surface area contributed by atoms with Gasteiger partial charge in [0.1, 0.15) is 12.0 Å². The van der Waals surface area contributed by atoms with E-state index < -0.39 is 0 Å². The van der Waals surface area contributed by atoms with Crippen LogP contribution < -0.4 is 10.6 Å². The molecule has 1 aliphatic rings. The second-order valence-electron chi connectivity index (χ2n) is 3.75. The van der Waals surface area contributed by atoms with Crippen molar-refractivity contribution in [2.45, 2.75) is 12.6 Å². The highest BCUT2D eigenvalue weighted by molar-refractivity contribution is 5.79. The van der Waals surface area contributed by atoms with E-state index in [4.69, 9.17) is 4.74 Å². The molecule has 1 amide bonds. The van der Waals surface area contributed by atoms with Gasteiger partial charge in [0, 0.05) is 12.1 Å². The summed E-state index contributed by atoms with van der Waals surface area (Å²) in [7, 11) is 1.83. The highest BCUT2D eigenvalue weighted by Crippen LogP contribution is 2.13. The smallest absolute Gasteiger partial charge is 0.227 e. The molecule has 1 saturated heterocycles. The number of amides is 1. The number of ether oxygens (including phenoxy) is 1. The molecule has 1 fully saturated rings. The molecule has 0 bridgehead atoms. The van der Waals surface area contributed by atoms with Crippen LogP contribution in [-0.2, 0) is 16.1 Å². The number of carbonyl (C=O) groups excluding carboxylic acids is 1. The Hall–Kier alpha value is -1.40. The van der Waals surface area contributed by atoms with E-state index in [0.29, 0.717) is 25.5 Å². The SMILES string of the molecule is CNC1COCC1C(=O)NCc1ccon1. The molecule has 6 nitrogen and oxygen atoms in total. The summed E-state index contributed by atoms with van der Waals surface area (Å²) in [5.74, 6) is -0.142. The second kappa shape index (κ2) is 5.09. The summed E-state index contributed by atoms with van der Waals surface area (Å²) in [5, 5.41) is 9.60. The Morgan fingerprint density at radius 3 is 3.19 bits per heavy atom. The van der Waals surface area contributed by atoms with Gasteiger partial charge in [-0.15, -0.1) is 0 Å². The quantitative estimate of drug-likeness (QED) is 0.724. The molecule has 2 atom stereocenters. The van der Waals surface area contributed by atoms with E-state index >= 15 is 0 Å². The number of nitrogens with one attached hydrogen (secondary N) is 2. The predicted molar refractivity (Wildman–Crippen MR) is 55.5 cm³/mol. The van der Waals surface area contributed by atoms with E-state index in [1.165, 1.54) is 6.26 Å². The molecular weight excluding hydrogens is 210 g/mol. The first-order valence-corrected chi connectivity index (χ1v) is 5.23. The summed E-state index contributed by atoms with van der Waals surface area (Å²) < 4.78 is 9.94. The summed E-state index contributed by atoms with van der Waals surface area (Å²) >= 11 is 0. The topological polar surface area (TPSA) is 76.4 Å². The minimum atomic E-state index is -0.128. The molecule has 88 valence electrons. The number of aromatic nitrogens is 1. The zero-order valence-corrected chi connectivity index (χ0v) is 9.10. The Kier molecular flexibility index (Phi) is 3.53. The summed E-state index contributed by atoms with van der Waals surface area (Å²) in [4.78, 5) is 11.8.